The summed E-state index contributed by atoms with van der Waals surface area (Å²) < 4.78 is 5.70. The Bertz CT molecular complexity index is 520. The average molecular weight is 255 g/mol. The molecule has 3 heteroatoms. The van der Waals surface area contributed by atoms with Crippen LogP contribution < -0.4 is 10.5 Å². The second-order valence-electron chi connectivity index (χ2n) is 4.38. The molecule has 0 unspecified atom stereocenters. The fourth-order valence-electron chi connectivity index (χ4n) is 1.82. The van der Waals surface area contributed by atoms with Crippen LogP contribution in [0.3, 0.4) is 0 Å². The van der Waals surface area contributed by atoms with Crippen molar-refractivity contribution in [2.24, 2.45) is 5.73 Å². The van der Waals surface area contributed by atoms with E-state index in [1.165, 1.54) is 5.56 Å². The molecule has 0 heterocycles. The van der Waals surface area contributed by atoms with Crippen molar-refractivity contribution in [3.05, 3.63) is 60.2 Å². The van der Waals surface area contributed by atoms with Crippen LogP contribution in [0.2, 0.25) is 0 Å². The van der Waals surface area contributed by atoms with E-state index in [2.05, 4.69) is 0 Å². The monoisotopic (exact) mass is 255 g/mol. The van der Waals surface area contributed by atoms with Gasteiger partial charge >= 0.3 is 0 Å². The Hall–Kier alpha value is -2.29. The number of aryl methyl sites for hydroxylation is 1. The maximum absolute atomic E-state index is 10.6. The van der Waals surface area contributed by atoms with E-state index in [9.17, 15) is 4.79 Å². The van der Waals surface area contributed by atoms with Crippen LogP contribution >= 0.6 is 0 Å². The molecule has 3 nitrogen and oxygen atoms in total. The predicted molar refractivity (Wildman–Crippen MR) is 75.1 cm³/mol. The third kappa shape index (κ3) is 4.47. The van der Waals surface area contributed by atoms with Gasteiger partial charge in [-0.3, -0.25) is 4.79 Å². The molecule has 0 aliphatic rings. The van der Waals surface area contributed by atoms with Crippen molar-refractivity contribution in [2.75, 3.05) is 0 Å². The van der Waals surface area contributed by atoms with Gasteiger partial charge in [-0.05, 0) is 42.7 Å². The molecule has 2 rings (SSSR count). The summed E-state index contributed by atoms with van der Waals surface area (Å²) in [5.41, 5.74) is 6.29. The molecule has 0 aliphatic carbocycles. The number of amides is 1. The fourth-order valence-corrected chi connectivity index (χ4v) is 1.82. The topological polar surface area (TPSA) is 52.3 Å². The number of benzene rings is 2. The molecule has 0 spiro atoms. The first-order valence-electron chi connectivity index (χ1n) is 6.34. The Morgan fingerprint density at radius 2 is 1.58 bits per heavy atom. The Labute approximate surface area is 113 Å². The molecular weight excluding hydrogens is 238 g/mol. The average Bonchev–Trinajstić information content (AvgIpc) is 2.42. The van der Waals surface area contributed by atoms with E-state index < -0.39 is 0 Å². The highest BCUT2D eigenvalue weighted by atomic mass is 16.5. The molecule has 0 radical (unpaired) electrons. The molecule has 0 saturated heterocycles. The lowest BCUT2D eigenvalue weighted by molar-refractivity contribution is -0.118. The van der Waals surface area contributed by atoms with Gasteiger partial charge in [-0.25, -0.2) is 0 Å². The molecule has 0 atom stereocenters. The van der Waals surface area contributed by atoms with E-state index in [4.69, 9.17) is 10.5 Å². The van der Waals surface area contributed by atoms with Crippen molar-refractivity contribution in [2.45, 2.75) is 19.3 Å². The van der Waals surface area contributed by atoms with Crippen molar-refractivity contribution in [1.82, 2.24) is 0 Å². The van der Waals surface area contributed by atoms with Gasteiger partial charge in [0, 0.05) is 6.42 Å². The molecule has 0 aromatic heterocycles. The van der Waals surface area contributed by atoms with Gasteiger partial charge in [0.25, 0.3) is 0 Å². The van der Waals surface area contributed by atoms with E-state index in [1.54, 1.807) is 0 Å². The van der Waals surface area contributed by atoms with Gasteiger partial charge in [-0.2, -0.15) is 0 Å². The number of nitrogens with two attached hydrogens (primary N) is 1. The highest BCUT2D eigenvalue weighted by Crippen LogP contribution is 2.21. The Balaban J connectivity index is 1.89. The Kier molecular flexibility index (Phi) is 4.56. The number of carbonyl (C=O) groups is 1. The van der Waals surface area contributed by atoms with Crippen LogP contribution in [0, 0.1) is 0 Å². The SMILES string of the molecule is NC(=O)CCCc1ccc(Oc2ccccc2)cc1. The molecule has 19 heavy (non-hydrogen) atoms. The van der Waals surface area contributed by atoms with Crippen molar-refractivity contribution in [3.63, 3.8) is 0 Å². The molecule has 2 aromatic rings. The molecule has 2 aromatic carbocycles. The van der Waals surface area contributed by atoms with E-state index in [0.29, 0.717) is 6.42 Å². The van der Waals surface area contributed by atoms with E-state index in [-0.39, 0.29) is 5.91 Å². The zero-order valence-corrected chi connectivity index (χ0v) is 10.7. The van der Waals surface area contributed by atoms with E-state index >= 15 is 0 Å². The first-order valence-corrected chi connectivity index (χ1v) is 6.34. The van der Waals surface area contributed by atoms with Gasteiger partial charge < -0.3 is 10.5 Å². The van der Waals surface area contributed by atoms with Crippen LogP contribution in [-0.2, 0) is 11.2 Å². The first-order chi connectivity index (χ1) is 9.24. The fraction of sp³-hybridized carbons (Fsp3) is 0.188. The molecular formula is C16H17NO2. The minimum Gasteiger partial charge on any atom is -0.457 e. The minimum atomic E-state index is -0.246. The molecule has 0 bridgehead atoms. The largest absolute Gasteiger partial charge is 0.457 e. The van der Waals surface area contributed by atoms with Gasteiger partial charge in [-0.15, -0.1) is 0 Å². The summed E-state index contributed by atoms with van der Waals surface area (Å²) in [4.78, 5) is 10.6. The van der Waals surface area contributed by atoms with Gasteiger partial charge in [-0.1, -0.05) is 30.3 Å². The van der Waals surface area contributed by atoms with Crippen LogP contribution in [0.4, 0.5) is 0 Å². The van der Waals surface area contributed by atoms with E-state index in [1.807, 2.05) is 54.6 Å². The highest BCUT2D eigenvalue weighted by molar-refractivity contribution is 5.73. The molecule has 0 fully saturated rings. The van der Waals surface area contributed by atoms with Crippen LogP contribution in [0.5, 0.6) is 11.5 Å². The van der Waals surface area contributed by atoms with Gasteiger partial charge in [0.1, 0.15) is 11.5 Å². The highest BCUT2D eigenvalue weighted by Gasteiger charge is 1.99. The number of para-hydroxylation sites is 1. The first kappa shape index (κ1) is 13.1. The summed E-state index contributed by atoms with van der Waals surface area (Å²) in [7, 11) is 0. The summed E-state index contributed by atoms with van der Waals surface area (Å²) in [5.74, 6) is 1.39. The Morgan fingerprint density at radius 1 is 0.947 bits per heavy atom. The quantitative estimate of drug-likeness (QED) is 0.861. The summed E-state index contributed by atoms with van der Waals surface area (Å²) >= 11 is 0. The molecule has 0 aliphatic heterocycles. The van der Waals surface area contributed by atoms with Crippen LogP contribution in [0.15, 0.2) is 54.6 Å². The third-order valence-electron chi connectivity index (χ3n) is 2.79. The number of ether oxygens (including phenoxy) is 1. The van der Waals surface area contributed by atoms with Crippen molar-refractivity contribution in [1.29, 1.82) is 0 Å². The number of hydrogen-bond acceptors (Lipinski definition) is 2. The summed E-state index contributed by atoms with van der Waals surface area (Å²) in [5, 5.41) is 0. The van der Waals surface area contributed by atoms with Crippen LogP contribution in [0.25, 0.3) is 0 Å². The lowest BCUT2D eigenvalue weighted by Crippen LogP contribution is -2.10. The standard InChI is InChI=1S/C16H17NO2/c17-16(18)8-4-5-13-9-11-15(12-10-13)19-14-6-2-1-3-7-14/h1-3,6-7,9-12H,4-5,8H2,(H2,17,18). The number of hydrogen-bond donors (Lipinski definition) is 1. The molecule has 2 N–H and O–H groups in total. The van der Waals surface area contributed by atoms with Crippen LogP contribution in [0.1, 0.15) is 18.4 Å². The van der Waals surface area contributed by atoms with E-state index in [0.717, 1.165) is 24.3 Å². The second kappa shape index (κ2) is 6.59. The molecule has 98 valence electrons. The predicted octanol–water partition coefficient (Wildman–Crippen LogP) is 3.29. The van der Waals surface area contributed by atoms with Gasteiger partial charge in [0.05, 0.1) is 0 Å². The number of rotatable bonds is 6. The second-order valence-corrected chi connectivity index (χ2v) is 4.38. The van der Waals surface area contributed by atoms with Crippen molar-refractivity contribution < 1.29 is 9.53 Å². The molecule has 0 saturated carbocycles. The molecule has 1 amide bonds. The maximum atomic E-state index is 10.6. The summed E-state index contributed by atoms with van der Waals surface area (Å²) in [6.07, 6.45) is 2.07. The van der Waals surface area contributed by atoms with Gasteiger partial charge in [0.2, 0.25) is 5.91 Å². The number of carbonyl (C=O) groups excluding carboxylic acids is 1. The minimum absolute atomic E-state index is 0.246. The van der Waals surface area contributed by atoms with Crippen molar-refractivity contribution >= 4 is 5.91 Å². The lowest BCUT2D eigenvalue weighted by Gasteiger charge is -2.06. The van der Waals surface area contributed by atoms with Crippen LogP contribution in [-0.4, -0.2) is 5.91 Å². The summed E-state index contributed by atoms with van der Waals surface area (Å²) in [6, 6.07) is 17.6. The zero-order chi connectivity index (χ0) is 13.5. The number of primary amides is 1. The zero-order valence-electron chi connectivity index (χ0n) is 10.7. The smallest absolute Gasteiger partial charge is 0.217 e. The lowest BCUT2D eigenvalue weighted by atomic mass is 10.1. The summed E-state index contributed by atoms with van der Waals surface area (Å²) in [6.45, 7) is 0. The normalized spacial score (nSPS) is 10.1. The third-order valence-corrected chi connectivity index (χ3v) is 2.79. The Morgan fingerprint density at radius 3 is 2.21 bits per heavy atom. The maximum Gasteiger partial charge on any atom is 0.217 e. The van der Waals surface area contributed by atoms with Gasteiger partial charge in [0.15, 0.2) is 0 Å². The van der Waals surface area contributed by atoms with Crippen molar-refractivity contribution in [3.8, 4) is 11.5 Å².